The number of carbonyl (C=O) groups is 3. The van der Waals surface area contributed by atoms with E-state index in [1.165, 1.54) is 0 Å². The van der Waals surface area contributed by atoms with E-state index in [2.05, 4.69) is 21.2 Å². The van der Waals surface area contributed by atoms with Crippen molar-refractivity contribution in [3.05, 3.63) is 91.4 Å². The van der Waals surface area contributed by atoms with Gasteiger partial charge in [-0.05, 0) is 60.0 Å². The van der Waals surface area contributed by atoms with Gasteiger partial charge < -0.3 is 10.2 Å². The number of halogens is 5. The smallest absolute Gasteiger partial charge is 0.257 e. The Morgan fingerprint density at radius 2 is 1.63 bits per heavy atom. The molecule has 5 nitrogen and oxygen atoms in total. The third-order valence-corrected chi connectivity index (χ3v) is 8.79. The number of aryl methyl sites for hydroxylation is 1. The van der Waals surface area contributed by atoms with Crippen LogP contribution < -0.4 is 10.2 Å². The SMILES string of the molecule is CC(C)(C)C(=O)CCc1ccc(Cl)c(C(=O)Cc2ccc(N3CCC(F)(F)CC3)c(C(=O)Nc3ccc(Br)cc3)c2)c1Cl. The third-order valence-electron chi connectivity index (χ3n) is 7.52. The first-order valence-corrected chi connectivity index (χ1v) is 15.6. The molecule has 4 rings (SSSR count). The van der Waals surface area contributed by atoms with Gasteiger partial charge in [0, 0.05) is 60.0 Å². The quantitative estimate of drug-likeness (QED) is 0.227. The number of amides is 1. The van der Waals surface area contributed by atoms with E-state index in [0.717, 1.165) is 4.47 Å². The van der Waals surface area contributed by atoms with Gasteiger partial charge in [0.15, 0.2) is 5.78 Å². The van der Waals surface area contributed by atoms with E-state index < -0.39 is 17.2 Å². The lowest BCUT2D eigenvalue weighted by Crippen LogP contribution is -2.40. The Morgan fingerprint density at radius 3 is 2.26 bits per heavy atom. The van der Waals surface area contributed by atoms with E-state index in [9.17, 15) is 23.2 Å². The molecule has 0 radical (unpaired) electrons. The van der Waals surface area contributed by atoms with Gasteiger partial charge in [-0.2, -0.15) is 0 Å². The number of nitrogens with one attached hydrogen (secondary N) is 1. The molecule has 3 aromatic rings. The van der Waals surface area contributed by atoms with Gasteiger partial charge in [-0.15, -0.1) is 0 Å². The van der Waals surface area contributed by atoms with Gasteiger partial charge in [0.05, 0.1) is 21.2 Å². The van der Waals surface area contributed by atoms with Gasteiger partial charge >= 0.3 is 0 Å². The van der Waals surface area contributed by atoms with Crippen LogP contribution in [0.25, 0.3) is 0 Å². The zero-order valence-corrected chi connectivity index (χ0v) is 27.3. The number of piperidine rings is 1. The zero-order chi connectivity index (χ0) is 31.5. The Bertz CT molecular complexity index is 1530. The Balaban J connectivity index is 1.61. The molecule has 228 valence electrons. The van der Waals surface area contributed by atoms with Crippen LogP contribution in [-0.4, -0.2) is 36.5 Å². The maximum absolute atomic E-state index is 13.9. The first kappa shape index (κ1) is 33.1. The predicted octanol–water partition coefficient (Wildman–Crippen LogP) is 9.22. The predicted molar refractivity (Wildman–Crippen MR) is 172 cm³/mol. The summed E-state index contributed by atoms with van der Waals surface area (Å²) in [6.45, 7) is 5.76. The van der Waals surface area contributed by atoms with Crippen LogP contribution in [-0.2, 0) is 17.6 Å². The highest BCUT2D eigenvalue weighted by molar-refractivity contribution is 9.10. The van der Waals surface area contributed by atoms with Crippen molar-refractivity contribution in [1.29, 1.82) is 0 Å². The van der Waals surface area contributed by atoms with Gasteiger partial charge in [0.2, 0.25) is 0 Å². The minimum atomic E-state index is -2.74. The van der Waals surface area contributed by atoms with E-state index >= 15 is 0 Å². The molecule has 1 fully saturated rings. The molecule has 1 amide bonds. The molecule has 0 unspecified atom stereocenters. The Morgan fingerprint density at radius 1 is 0.977 bits per heavy atom. The van der Waals surface area contributed by atoms with E-state index in [4.69, 9.17) is 23.2 Å². The molecule has 0 saturated carbocycles. The van der Waals surface area contributed by atoms with Crippen molar-refractivity contribution in [3.63, 3.8) is 0 Å². The molecule has 0 spiro atoms. The van der Waals surface area contributed by atoms with Gasteiger partial charge in [0.1, 0.15) is 5.78 Å². The standard InChI is InChI=1S/C33H33BrCl2F2N2O3/c1-32(2,3)28(42)13-6-21-5-11-25(35)29(30(21)36)27(41)19-20-4-12-26(40-16-14-33(37,38)15-17-40)24(18-20)31(43)39-23-9-7-22(34)8-10-23/h4-5,7-12,18H,6,13-17,19H2,1-3H3,(H,39,43). The molecule has 0 aromatic heterocycles. The van der Waals surface area contributed by atoms with E-state index in [-0.39, 0.29) is 71.5 Å². The van der Waals surface area contributed by atoms with Crippen LogP contribution in [0.2, 0.25) is 10.0 Å². The van der Waals surface area contributed by atoms with Crippen LogP contribution in [0.15, 0.2) is 59.1 Å². The molecule has 1 aliphatic rings. The summed E-state index contributed by atoms with van der Waals surface area (Å²) in [6, 6.07) is 15.4. The fraction of sp³-hybridized carbons (Fsp3) is 0.364. The fourth-order valence-corrected chi connectivity index (χ4v) is 5.84. The second-order valence-electron chi connectivity index (χ2n) is 11.8. The maximum Gasteiger partial charge on any atom is 0.257 e. The molecule has 43 heavy (non-hydrogen) atoms. The first-order valence-electron chi connectivity index (χ1n) is 14.0. The molecule has 0 atom stereocenters. The van der Waals surface area contributed by atoms with Crippen LogP contribution >= 0.6 is 39.1 Å². The topological polar surface area (TPSA) is 66.5 Å². The number of benzene rings is 3. The molecule has 0 aliphatic carbocycles. The summed E-state index contributed by atoms with van der Waals surface area (Å²) in [7, 11) is 0. The van der Waals surface area contributed by atoms with Crippen LogP contribution in [0.1, 0.15) is 71.9 Å². The lowest BCUT2D eigenvalue weighted by atomic mass is 9.87. The highest BCUT2D eigenvalue weighted by Crippen LogP contribution is 2.34. The fourth-order valence-electron chi connectivity index (χ4n) is 4.90. The summed E-state index contributed by atoms with van der Waals surface area (Å²) >= 11 is 16.4. The number of nitrogens with zero attached hydrogens (tertiary/aromatic N) is 1. The van der Waals surface area contributed by atoms with E-state index in [1.807, 2.05) is 20.8 Å². The summed E-state index contributed by atoms with van der Waals surface area (Å²) in [4.78, 5) is 41.3. The zero-order valence-electron chi connectivity index (χ0n) is 24.2. The molecule has 1 N–H and O–H groups in total. The van der Waals surface area contributed by atoms with Gasteiger partial charge in [0.25, 0.3) is 11.8 Å². The van der Waals surface area contributed by atoms with Crippen LogP contribution in [0.3, 0.4) is 0 Å². The minimum absolute atomic E-state index is 0.0813. The molecule has 1 heterocycles. The summed E-state index contributed by atoms with van der Waals surface area (Å²) < 4.78 is 28.6. The van der Waals surface area contributed by atoms with E-state index in [1.54, 1.807) is 59.5 Å². The highest BCUT2D eigenvalue weighted by atomic mass is 79.9. The first-order chi connectivity index (χ1) is 20.1. The number of alkyl halides is 2. The largest absolute Gasteiger partial charge is 0.370 e. The Hall–Kier alpha value is -2.81. The van der Waals surface area contributed by atoms with Gasteiger partial charge in [-0.3, -0.25) is 14.4 Å². The summed E-state index contributed by atoms with van der Waals surface area (Å²) in [6.07, 6.45) is -0.0678. The highest BCUT2D eigenvalue weighted by Gasteiger charge is 2.35. The lowest BCUT2D eigenvalue weighted by molar-refractivity contribution is -0.126. The molecule has 3 aromatic carbocycles. The number of carbonyl (C=O) groups excluding carboxylic acids is 3. The summed E-state index contributed by atoms with van der Waals surface area (Å²) in [5.74, 6) is -3.43. The van der Waals surface area contributed by atoms with Crippen molar-refractivity contribution < 1.29 is 23.2 Å². The average Bonchev–Trinajstić information content (AvgIpc) is 2.93. The Labute approximate surface area is 269 Å². The van der Waals surface area contributed by atoms with Gasteiger partial charge in [-0.25, -0.2) is 8.78 Å². The van der Waals surface area contributed by atoms with Crippen molar-refractivity contribution in [3.8, 4) is 0 Å². The van der Waals surface area contributed by atoms with Crippen molar-refractivity contribution in [2.45, 2.75) is 58.8 Å². The molecular weight excluding hydrogens is 661 g/mol. The van der Waals surface area contributed by atoms with Crippen LogP contribution in [0, 0.1) is 5.41 Å². The van der Waals surface area contributed by atoms with Crippen LogP contribution in [0.4, 0.5) is 20.2 Å². The minimum Gasteiger partial charge on any atom is -0.370 e. The second kappa shape index (κ2) is 13.4. The van der Waals surface area contributed by atoms with Crippen molar-refractivity contribution in [1.82, 2.24) is 0 Å². The normalized spacial score (nSPS) is 14.8. The van der Waals surface area contributed by atoms with Crippen molar-refractivity contribution >= 4 is 68.0 Å². The number of rotatable bonds is 9. The second-order valence-corrected chi connectivity index (χ2v) is 13.5. The number of hydrogen-bond donors (Lipinski definition) is 1. The molecule has 10 heteroatoms. The van der Waals surface area contributed by atoms with Crippen LogP contribution in [0.5, 0.6) is 0 Å². The number of hydrogen-bond acceptors (Lipinski definition) is 4. The number of anilines is 2. The summed E-state index contributed by atoms with van der Waals surface area (Å²) in [5, 5.41) is 3.26. The average molecular weight is 694 g/mol. The maximum atomic E-state index is 13.9. The summed E-state index contributed by atoms with van der Waals surface area (Å²) in [5.41, 5.74) is 2.21. The third kappa shape index (κ3) is 8.43. The monoisotopic (exact) mass is 692 g/mol. The molecular formula is C33H33BrCl2F2N2O3. The molecule has 0 bridgehead atoms. The Kier molecular flexibility index (Phi) is 10.4. The van der Waals surface area contributed by atoms with Gasteiger partial charge in [-0.1, -0.05) is 72.0 Å². The molecule has 1 aliphatic heterocycles. The van der Waals surface area contributed by atoms with E-state index in [0.29, 0.717) is 28.9 Å². The molecule has 1 saturated heterocycles. The van der Waals surface area contributed by atoms with Crippen molar-refractivity contribution in [2.75, 3.05) is 23.3 Å². The number of Topliss-reactive ketones (excluding diaryl/α,β-unsaturated/α-hetero) is 2. The lowest BCUT2D eigenvalue weighted by Gasteiger charge is -2.34. The van der Waals surface area contributed by atoms with Crippen molar-refractivity contribution in [2.24, 2.45) is 5.41 Å². The number of ketones is 2.